The number of hydrogen-bond acceptors (Lipinski definition) is 0. The fourth-order valence-electron chi connectivity index (χ4n) is 1.58. The van der Waals surface area contributed by atoms with E-state index in [1.807, 2.05) is 0 Å². The molecule has 0 heterocycles. The normalized spacial score (nSPS) is 11.1. The molecule has 0 N–H and O–H groups in total. The molecule has 0 aliphatic carbocycles. The Hall–Kier alpha value is -1.38. The minimum atomic E-state index is -2.48. The van der Waals surface area contributed by atoms with E-state index in [2.05, 4.69) is 0 Å². The summed E-state index contributed by atoms with van der Waals surface area (Å²) in [5.74, 6) is 0. The van der Waals surface area contributed by atoms with Gasteiger partial charge in [0.2, 0.25) is 0 Å². The monoisotopic (exact) mass is 188 g/mol. The van der Waals surface area contributed by atoms with E-state index in [0.29, 0.717) is 10.8 Å². The minimum absolute atomic E-state index is 0.000556. The molecular formula is C11H7BF2. The summed E-state index contributed by atoms with van der Waals surface area (Å²) in [4.78, 5) is 0. The smallest absolute Gasteiger partial charge is 0.205 e. The number of rotatable bonds is 1. The third-order valence-corrected chi connectivity index (χ3v) is 2.20. The lowest BCUT2D eigenvalue weighted by Crippen LogP contribution is -2.05. The summed E-state index contributed by atoms with van der Waals surface area (Å²) in [7, 11) is 5.66. The Bertz CT molecular complexity index is 461. The van der Waals surface area contributed by atoms with E-state index in [-0.39, 0.29) is 5.56 Å². The summed E-state index contributed by atoms with van der Waals surface area (Å²) in [5.41, 5.74) is 0.402. The van der Waals surface area contributed by atoms with Crippen LogP contribution in [-0.2, 0) is 0 Å². The first-order valence-electron chi connectivity index (χ1n) is 4.25. The van der Waals surface area contributed by atoms with Crippen molar-refractivity contribution in [2.75, 3.05) is 0 Å². The van der Waals surface area contributed by atoms with E-state index in [9.17, 15) is 8.78 Å². The first-order chi connectivity index (χ1) is 6.70. The van der Waals surface area contributed by atoms with Gasteiger partial charge in [-0.25, -0.2) is 8.78 Å². The highest BCUT2D eigenvalue weighted by Crippen LogP contribution is 2.25. The van der Waals surface area contributed by atoms with Crippen LogP contribution in [0.15, 0.2) is 36.4 Å². The average molecular weight is 188 g/mol. The molecule has 2 aromatic carbocycles. The van der Waals surface area contributed by atoms with Gasteiger partial charge in [0.05, 0.1) is 0 Å². The molecule has 68 valence electrons. The van der Waals surface area contributed by atoms with Crippen LogP contribution in [0.4, 0.5) is 8.78 Å². The number of fused-ring (bicyclic) bond motifs is 1. The number of halogens is 2. The van der Waals surface area contributed by atoms with Gasteiger partial charge in [-0.05, 0) is 10.8 Å². The molecule has 0 nitrogen and oxygen atoms in total. The molecule has 0 amide bonds. The van der Waals surface area contributed by atoms with Crippen molar-refractivity contribution in [2.45, 2.75) is 6.43 Å². The zero-order valence-corrected chi connectivity index (χ0v) is 7.37. The topological polar surface area (TPSA) is 0 Å². The van der Waals surface area contributed by atoms with Crippen LogP contribution in [0.2, 0.25) is 0 Å². The Kier molecular flexibility index (Phi) is 2.24. The van der Waals surface area contributed by atoms with Gasteiger partial charge in [0.25, 0.3) is 6.43 Å². The molecule has 0 aliphatic rings. The molecular weight excluding hydrogens is 181 g/mol. The maximum atomic E-state index is 12.6. The van der Waals surface area contributed by atoms with Crippen LogP contribution >= 0.6 is 0 Å². The lowest BCUT2D eigenvalue weighted by atomic mass is 9.88. The van der Waals surface area contributed by atoms with Crippen molar-refractivity contribution in [3.05, 3.63) is 42.0 Å². The summed E-state index contributed by atoms with van der Waals surface area (Å²) in [6.07, 6.45) is -2.48. The minimum Gasteiger partial charge on any atom is -0.205 e. The van der Waals surface area contributed by atoms with Crippen molar-refractivity contribution < 1.29 is 8.78 Å². The van der Waals surface area contributed by atoms with E-state index in [1.165, 1.54) is 6.07 Å². The molecule has 0 saturated carbocycles. The van der Waals surface area contributed by atoms with Crippen LogP contribution in [0.5, 0.6) is 0 Å². The van der Waals surface area contributed by atoms with Crippen molar-refractivity contribution in [3.63, 3.8) is 0 Å². The third-order valence-electron chi connectivity index (χ3n) is 2.20. The van der Waals surface area contributed by atoms with Crippen LogP contribution in [0.1, 0.15) is 12.0 Å². The van der Waals surface area contributed by atoms with Crippen molar-refractivity contribution in [1.82, 2.24) is 0 Å². The first kappa shape index (κ1) is 9.19. The molecule has 0 saturated heterocycles. The van der Waals surface area contributed by atoms with Gasteiger partial charge >= 0.3 is 0 Å². The van der Waals surface area contributed by atoms with E-state index < -0.39 is 6.43 Å². The highest BCUT2D eigenvalue weighted by atomic mass is 19.3. The quantitative estimate of drug-likeness (QED) is 0.603. The van der Waals surface area contributed by atoms with Crippen molar-refractivity contribution in [3.8, 4) is 0 Å². The summed E-state index contributed by atoms with van der Waals surface area (Å²) in [6, 6.07) is 9.96. The van der Waals surface area contributed by atoms with E-state index >= 15 is 0 Å². The second-order valence-corrected chi connectivity index (χ2v) is 3.09. The zero-order valence-electron chi connectivity index (χ0n) is 7.37. The maximum Gasteiger partial charge on any atom is 0.264 e. The van der Waals surface area contributed by atoms with Gasteiger partial charge < -0.3 is 0 Å². The lowest BCUT2D eigenvalue weighted by molar-refractivity contribution is 0.153. The van der Waals surface area contributed by atoms with E-state index in [1.54, 1.807) is 30.3 Å². The number of alkyl halides is 2. The van der Waals surface area contributed by atoms with Crippen molar-refractivity contribution in [1.29, 1.82) is 0 Å². The van der Waals surface area contributed by atoms with E-state index in [4.69, 9.17) is 7.85 Å². The summed E-state index contributed by atoms with van der Waals surface area (Å²) >= 11 is 0. The number of hydrogen-bond donors (Lipinski definition) is 0. The van der Waals surface area contributed by atoms with Crippen molar-refractivity contribution >= 4 is 24.1 Å². The zero-order chi connectivity index (χ0) is 10.1. The Morgan fingerprint density at radius 1 is 1.00 bits per heavy atom. The molecule has 2 rings (SSSR count). The Labute approximate surface area is 82.0 Å². The molecule has 0 atom stereocenters. The fourth-order valence-corrected chi connectivity index (χ4v) is 1.58. The molecule has 0 aliphatic heterocycles. The SMILES string of the molecule is [B]c1cccc2cccc(C(F)F)c12. The lowest BCUT2D eigenvalue weighted by Gasteiger charge is -2.08. The van der Waals surface area contributed by atoms with Crippen molar-refractivity contribution in [2.24, 2.45) is 0 Å². The van der Waals surface area contributed by atoms with Crippen LogP contribution in [-0.4, -0.2) is 7.85 Å². The maximum absolute atomic E-state index is 12.6. The van der Waals surface area contributed by atoms with E-state index in [0.717, 1.165) is 5.39 Å². The Morgan fingerprint density at radius 2 is 1.64 bits per heavy atom. The molecule has 3 heteroatoms. The molecule has 0 unspecified atom stereocenters. The second kappa shape index (κ2) is 3.41. The Morgan fingerprint density at radius 3 is 2.29 bits per heavy atom. The molecule has 14 heavy (non-hydrogen) atoms. The predicted molar refractivity (Wildman–Crippen MR) is 54.3 cm³/mol. The molecule has 2 aromatic rings. The van der Waals surface area contributed by atoms with Crippen LogP contribution in [0.3, 0.4) is 0 Å². The van der Waals surface area contributed by atoms with Gasteiger partial charge in [0.1, 0.15) is 7.85 Å². The summed E-state index contributed by atoms with van der Waals surface area (Å²) in [6.45, 7) is 0. The molecule has 0 aromatic heterocycles. The molecule has 0 bridgehead atoms. The molecule has 2 radical (unpaired) electrons. The van der Waals surface area contributed by atoms with Crippen LogP contribution < -0.4 is 5.46 Å². The highest BCUT2D eigenvalue weighted by molar-refractivity contribution is 6.39. The molecule has 0 fully saturated rings. The van der Waals surface area contributed by atoms with Gasteiger partial charge in [-0.1, -0.05) is 41.9 Å². The fraction of sp³-hybridized carbons (Fsp3) is 0.0909. The van der Waals surface area contributed by atoms with Gasteiger partial charge in [0.15, 0.2) is 0 Å². The predicted octanol–water partition coefficient (Wildman–Crippen LogP) is 2.57. The highest BCUT2D eigenvalue weighted by Gasteiger charge is 2.11. The molecule has 0 spiro atoms. The Balaban J connectivity index is 2.84. The average Bonchev–Trinajstić information content (AvgIpc) is 2.17. The van der Waals surface area contributed by atoms with Gasteiger partial charge in [0, 0.05) is 5.56 Å². The largest absolute Gasteiger partial charge is 0.264 e. The first-order valence-corrected chi connectivity index (χ1v) is 4.25. The number of benzene rings is 2. The second-order valence-electron chi connectivity index (χ2n) is 3.09. The van der Waals surface area contributed by atoms with Crippen LogP contribution in [0.25, 0.3) is 10.8 Å². The van der Waals surface area contributed by atoms with Gasteiger partial charge in [-0.3, -0.25) is 0 Å². The van der Waals surface area contributed by atoms with Gasteiger partial charge in [-0.15, -0.1) is 0 Å². The standard InChI is InChI=1S/C11H7BF2/c12-9-6-2-4-7-3-1-5-8(10(7)9)11(13)14/h1-6,11H. The van der Waals surface area contributed by atoms with Crippen LogP contribution in [0, 0.1) is 0 Å². The summed E-state index contributed by atoms with van der Waals surface area (Å²) in [5, 5.41) is 1.22. The third kappa shape index (κ3) is 1.39. The summed E-state index contributed by atoms with van der Waals surface area (Å²) < 4.78 is 25.2. The van der Waals surface area contributed by atoms with Gasteiger partial charge in [-0.2, -0.15) is 0 Å².